The summed E-state index contributed by atoms with van der Waals surface area (Å²) in [7, 11) is 0. The van der Waals surface area contributed by atoms with Crippen molar-refractivity contribution in [1.29, 1.82) is 0 Å². The summed E-state index contributed by atoms with van der Waals surface area (Å²) in [5.74, 6) is 1.58. The molecule has 1 aliphatic rings. The summed E-state index contributed by atoms with van der Waals surface area (Å²) in [6.45, 7) is 5.46. The summed E-state index contributed by atoms with van der Waals surface area (Å²) in [6.07, 6.45) is 0.653. The highest BCUT2D eigenvalue weighted by Gasteiger charge is 2.32. The number of aryl methyl sites for hydroxylation is 1. The lowest BCUT2D eigenvalue weighted by atomic mass is 10.2. The first kappa shape index (κ1) is 14.4. The van der Waals surface area contributed by atoms with Crippen LogP contribution in [0.4, 0.5) is 0 Å². The molecule has 2 atom stereocenters. The number of ether oxygens (including phenoxy) is 1. The van der Waals surface area contributed by atoms with Gasteiger partial charge in [0.25, 0.3) is 0 Å². The number of halogens is 1. The molecule has 1 fully saturated rings. The van der Waals surface area contributed by atoms with E-state index in [1.807, 2.05) is 43.0 Å². The summed E-state index contributed by atoms with van der Waals surface area (Å²) in [4.78, 5) is 13.8. The molecule has 1 saturated heterocycles. The van der Waals surface area contributed by atoms with Gasteiger partial charge < -0.3 is 9.64 Å². The molecule has 19 heavy (non-hydrogen) atoms. The lowest BCUT2D eigenvalue weighted by Crippen LogP contribution is -2.38. The van der Waals surface area contributed by atoms with Gasteiger partial charge in [0, 0.05) is 18.3 Å². The Hall–Kier alpha value is -1.03. The molecule has 1 aromatic rings. The standard InChI is InChI=1S/C15H20BrNO2/c1-11-5-3-4-6-14(11)19-10-12(2)17-9-13(8-16)7-15(17)18/h3-6,12-13H,7-10H2,1-2H3. The van der Waals surface area contributed by atoms with E-state index in [2.05, 4.69) is 15.9 Å². The maximum absolute atomic E-state index is 11.9. The maximum atomic E-state index is 11.9. The Kier molecular flexibility index (Phi) is 4.86. The summed E-state index contributed by atoms with van der Waals surface area (Å²) < 4.78 is 5.82. The van der Waals surface area contributed by atoms with Crippen molar-refractivity contribution >= 4 is 21.8 Å². The highest BCUT2D eigenvalue weighted by molar-refractivity contribution is 9.09. The Morgan fingerprint density at radius 2 is 2.21 bits per heavy atom. The minimum absolute atomic E-state index is 0.121. The lowest BCUT2D eigenvalue weighted by molar-refractivity contribution is -0.129. The number of hydrogen-bond donors (Lipinski definition) is 0. The first-order chi connectivity index (χ1) is 9.11. The van der Waals surface area contributed by atoms with Gasteiger partial charge >= 0.3 is 0 Å². The van der Waals surface area contributed by atoms with Gasteiger partial charge in [0.15, 0.2) is 0 Å². The predicted octanol–water partition coefficient (Wildman–Crippen LogP) is 3.01. The lowest BCUT2D eigenvalue weighted by Gasteiger charge is -2.25. The number of carbonyl (C=O) groups is 1. The molecule has 2 rings (SSSR count). The van der Waals surface area contributed by atoms with Crippen LogP contribution in [0.5, 0.6) is 5.75 Å². The minimum atomic E-state index is 0.121. The fraction of sp³-hybridized carbons (Fsp3) is 0.533. The Morgan fingerprint density at radius 3 is 2.84 bits per heavy atom. The fourth-order valence-corrected chi connectivity index (χ4v) is 2.79. The summed E-state index contributed by atoms with van der Waals surface area (Å²) >= 11 is 3.46. The predicted molar refractivity (Wildman–Crippen MR) is 79.8 cm³/mol. The van der Waals surface area contributed by atoms with Gasteiger partial charge in [0.05, 0.1) is 6.04 Å². The van der Waals surface area contributed by atoms with Crippen molar-refractivity contribution in [2.45, 2.75) is 26.3 Å². The number of para-hydroxylation sites is 1. The van der Waals surface area contributed by atoms with Crippen LogP contribution in [-0.4, -0.2) is 35.3 Å². The van der Waals surface area contributed by atoms with E-state index in [4.69, 9.17) is 4.74 Å². The summed E-state index contributed by atoms with van der Waals surface area (Å²) in [5, 5.41) is 0.889. The number of carbonyl (C=O) groups excluding carboxylic acids is 1. The molecule has 104 valence electrons. The van der Waals surface area contributed by atoms with Gasteiger partial charge in [-0.25, -0.2) is 0 Å². The van der Waals surface area contributed by atoms with Crippen LogP contribution < -0.4 is 4.74 Å². The monoisotopic (exact) mass is 325 g/mol. The third-order valence-electron chi connectivity index (χ3n) is 3.56. The van der Waals surface area contributed by atoms with Crippen molar-refractivity contribution < 1.29 is 9.53 Å². The molecule has 0 aromatic heterocycles. The van der Waals surface area contributed by atoms with Crippen LogP contribution in [0.15, 0.2) is 24.3 Å². The van der Waals surface area contributed by atoms with E-state index in [-0.39, 0.29) is 11.9 Å². The third kappa shape index (κ3) is 3.50. The van der Waals surface area contributed by atoms with E-state index < -0.39 is 0 Å². The number of hydrogen-bond acceptors (Lipinski definition) is 2. The van der Waals surface area contributed by atoms with Crippen LogP contribution >= 0.6 is 15.9 Å². The second-order valence-corrected chi connectivity index (χ2v) is 5.84. The van der Waals surface area contributed by atoms with E-state index in [1.54, 1.807) is 0 Å². The van der Waals surface area contributed by atoms with Gasteiger partial charge in [0.1, 0.15) is 12.4 Å². The highest BCUT2D eigenvalue weighted by Crippen LogP contribution is 2.23. The van der Waals surface area contributed by atoms with Gasteiger partial charge in [-0.3, -0.25) is 4.79 Å². The average molecular weight is 326 g/mol. The second-order valence-electron chi connectivity index (χ2n) is 5.20. The molecule has 0 aliphatic carbocycles. The number of likely N-dealkylation sites (tertiary alicyclic amines) is 1. The van der Waals surface area contributed by atoms with Crippen LogP contribution in [0.1, 0.15) is 18.9 Å². The molecule has 0 radical (unpaired) electrons. The number of amides is 1. The van der Waals surface area contributed by atoms with E-state index in [0.29, 0.717) is 18.9 Å². The molecule has 3 nitrogen and oxygen atoms in total. The molecule has 0 saturated carbocycles. The Morgan fingerprint density at radius 1 is 1.47 bits per heavy atom. The molecule has 1 aromatic carbocycles. The second kappa shape index (κ2) is 6.42. The smallest absolute Gasteiger partial charge is 0.223 e. The van der Waals surface area contributed by atoms with Gasteiger partial charge in [0.2, 0.25) is 5.91 Å². The molecule has 0 N–H and O–H groups in total. The quantitative estimate of drug-likeness (QED) is 0.779. The zero-order valence-corrected chi connectivity index (χ0v) is 13.0. The van der Waals surface area contributed by atoms with Crippen LogP contribution in [0, 0.1) is 12.8 Å². The molecule has 1 aliphatic heterocycles. The largest absolute Gasteiger partial charge is 0.491 e. The van der Waals surface area contributed by atoms with Crippen molar-refractivity contribution in [3.63, 3.8) is 0 Å². The Balaban J connectivity index is 1.90. The van der Waals surface area contributed by atoms with Gasteiger partial charge in [-0.2, -0.15) is 0 Å². The number of nitrogens with zero attached hydrogens (tertiary/aromatic N) is 1. The van der Waals surface area contributed by atoms with E-state index in [1.165, 1.54) is 0 Å². The maximum Gasteiger partial charge on any atom is 0.223 e. The molecule has 1 heterocycles. The van der Waals surface area contributed by atoms with Crippen LogP contribution in [0.2, 0.25) is 0 Å². The first-order valence-corrected chi connectivity index (χ1v) is 7.77. The summed E-state index contributed by atoms with van der Waals surface area (Å²) in [5.41, 5.74) is 1.13. The zero-order chi connectivity index (χ0) is 13.8. The molecule has 4 heteroatoms. The van der Waals surface area contributed by atoms with Crippen molar-refractivity contribution in [3.05, 3.63) is 29.8 Å². The molecular formula is C15H20BrNO2. The average Bonchev–Trinajstić information content (AvgIpc) is 2.79. The number of benzene rings is 1. The van der Waals surface area contributed by atoms with Crippen molar-refractivity contribution in [3.8, 4) is 5.75 Å². The Labute approximate surface area is 123 Å². The highest BCUT2D eigenvalue weighted by atomic mass is 79.9. The van der Waals surface area contributed by atoms with Crippen LogP contribution in [0.25, 0.3) is 0 Å². The SMILES string of the molecule is Cc1ccccc1OCC(C)N1CC(CBr)CC1=O. The molecular weight excluding hydrogens is 306 g/mol. The van der Waals surface area contributed by atoms with Crippen LogP contribution in [0.3, 0.4) is 0 Å². The topological polar surface area (TPSA) is 29.5 Å². The van der Waals surface area contributed by atoms with Crippen LogP contribution in [-0.2, 0) is 4.79 Å². The van der Waals surface area contributed by atoms with Gasteiger partial charge in [-0.05, 0) is 31.4 Å². The fourth-order valence-electron chi connectivity index (χ4n) is 2.36. The van der Waals surface area contributed by atoms with Crippen molar-refractivity contribution in [2.24, 2.45) is 5.92 Å². The van der Waals surface area contributed by atoms with E-state index in [9.17, 15) is 4.79 Å². The molecule has 0 bridgehead atoms. The van der Waals surface area contributed by atoms with Gasteiger partial charge in [-0.1, -0.05) is 34.1 Å². The van der Waals surface area contributed by atoms with E-state index in [0.717, 1.165) is 23.2 Å². The molecule has 1 amide bonds. The first-order valence-electron chi connectivity index (χ1n) is 6.65. The summed E-state index contributed by atoms with van der Waals surface area (Å²) in [6, 6.07) is 8.08. The van der Waals surface area contributed by atoms with Gasteiger partial charge in [-0.15, -0.1) is 0 Å². The third-order valence-corrected chi connectivity index (χ3v) is 4.48. The normalized spacial score (nSPS) is 20.7. The van der Waals surface area contributed by atoms with Crippen molar-refractivity contribution in [2.75, 3.05) is 18.5 Å². The Bertz CT molecular complexity index is 450. The van der Waals surface area contributed by atoms with Crippen molar-refractivity contribution in [1.82, 2.24) is 4.90 Å². The number of alkyl halides is 1. The minimum Gasteiger partial charge on any atom is -0.491 e. The molecule has 0 spiro atoms. The zero-order valence-electron chi connectivity index (χ0n) is 11.4. The molecule has 2 unspecified atom stereocenters. The number of rotatable bonds is 5. The van der Waals surface area contributed by atoms with E-state index >= 15 is 0 Å².